The molecule has 1 aromatic rings. The number of nitrogens with one attached hydrogen (secondary N) is 1. The Hall–Kier alpha value is -1.59. The molecule has 1 fully saturated rings. The van der Waals surface area contributed by atoms with Crippen LogP contribution in [0.5, 0.6) is 5.75 Å². The van der Waals surface area contributed by atoms with E-state index in [0.717, 1.165) is 24.0 Å². The van der Waals surface area contributed by atoms with E-state index >= 15 is 0 Å². The highest BCUT2D eigenvalue weighted by Gasteiger charge is 2.29. The zero-order valence-corrected chi connectivity index (χ0v) is 12.3. The first kappa shape index (κ1) is 14.4. The van der Waals surface area contributed by atoms with Crippen molar-refractivity contribution in [1.29, 1.82) is 0 Å². The first-order chi connectivity index (χ1) is 10.2. The van der Waals surface area contributed by atoms with E-state index in [1.54, 1.807) is 6.07 Å². The molecule has 2 unspecified atom stereocenters. The molecule has 1 aliphatic carbocycles. The SMILES string of the molecule is CC(NC1CCc2c(O)cccc21)C(=O)N1CCOCC1. The molecule has 1 amide bonds. The molecular weight excluding hydrogens is 268 g/mol. The fourth-order valence-corrected chi connectivity index (χ4v) is 3.24. The van der Waals surface area contributed by atoms with Gasteiger partial charge in [-0.3, -0.25) is 10.1 Å². The number of phenolic OH excluding ortho intramolecular Hbond substituents is 1. The first-order valence-corrected chi connectivity index (χ1v) is 7.60. The fraction of sp³-hybridized carbons (Fsp3) is 0.562. The molecule has 114 valence electrons. The number of rotatable bonds is 3. The second-order valence-corrected chi connectivity index (χ2v) is 5.76. The zero-order chi connectivity index (χ0) is 14.8. The monoisotopic (exact) mass is 290 g/mol. The van der Waals surface area contributed by atoms with Crippen LogP contribution in [0.2, 0.25) is 0 Å². The van der Waals surface area contributed by atoms with Gasteiger partial charge in [0.1, 0.15) is 5.75 Å². The van der Waals surface area contributed by atoms with Crippen LogP contribution < -0.4 is 5.32 Å². The van der Waals surface area contributed by atoms with Gasteiger partial charge in [-0.05, 0) is 37.0 Å². The van der Waals surface area contributed by atoms with Crippen molar-refractivity contribution in [3.63, 3.8) is 0 Å². The van der Waals surface area contributed by atoms with Crippen molar-refractivity contribution in [3.05, 3.63) is 29.3 Å². The van der Waals surface area contributed by atoms with Crippen LogP contribution in [0.3, 0.4) is 0 Å². The number of amides is 1. The number of fused-ring (bicyclic) bond motifs is 1. The predicted octanol–water partition coefficient (Wildman–Crippen LogP) is 1.22. The highest BCUT2D eigenvalue weighted by Crippen LogP contribution is 2.36. The molecule has 3 rings (SSSR count). The lowest BCUT2D eigenvalue weighted by Crippen LogP contribution is -2.49. The van der Waals surface area contributed by atoms with Crippen LogP contribution in [0.1, 0.15) is 30.5 Å². The summed E-state index contributed by atoms with van der Waals surface area (Å²) in [6, 6.07) is 5.55. The topological polar surface area (TPSA) is 61.8 Å². The highest BCUT2D eigenvalue weighted by molar-refractivity contribution is 5.81. The Morgan fingerprint density at radius 3 is 2.95 bits per heavy atom. The Morgan fingerprint density at radius 1 is 1.43 bits per heavy atom. The minimum absolute atomic E-state index is 0.131. The number of nitrogens with zero attached hydrogens (tertiary/aromatic N) is 1. The van der Waals surface area contributed by atoms with Gasteiger partial charge in [-0.2, -0.15) is 0 Å². The van der Waals surface area contributed by atoms with Crippen LogP contribution in [-0.4, -0.2) is 48.3 Å². The van der Waals surface area contributed by atoms with E-state index in [9.17, 15) is 9.90 Å². The van der Waals surface area contributed by atoms with Crippen molar-refractivity contribution >= 4 is 5.91 Å². The molecule has 0 aromatic heterocycles. The number of hydrogen-bond acceptors (Lipinski definition) is 4. The molecule has 0 spiro atoms. The molecule has 0 bridgehead atoms. The Morgan fingerprint density at radius 2 is 2.19 bits per heavy atom. The number of morpholine rings is 1. The molecule has 1 aromatic carbocycles. The number of phenols is 1. The fourth-order valence-electron chi connectivity index (χ4n) is 3.24. The standard InChI is InChI=1S/C16H22N2O3/c1-11(16(20)18-7-9-21-10-8-18)17-14-6-5-13-12(14)3-2-4-15(13)19/h2-4,11,14,17,19H,5-10H2,1H3. The van der Waals surface area contributed by atoms with E-state index in [2.05, 4.69) is 5.32 Å². The first-order valence-electron chi connectivity index (χ1n) is 7.60. The minimum atomic E-state index is -0.221. The van der Waals surface area contributed by atoms with Crippen LogP contribution in [0, 0.1) is 0 Å². The van der Waals surface area contributed by atoms with Gasteiger partial charge < -0.3 is 14.7 Å². The third kappa shape index (κ3) is 2.89. The molecule has 5 heteroatoms. The average molecular weight is 290 g/mol. The van der Waals surface area contributed by atoms with Gasteiger partial charge in [0.2, 0.25) is 5.91 Å². The Balaban J connectivity index is 1.65. The Kier molecular flexibility index (Phi) is 4.12. The lowest BCUT2D eigenvalue weighted by molar-refractivity contribution is -0.137. The van der Waals surface area contributed by atoms with Gasteiger partial charge in [0.25, 0.3) is 0 Å². The van der Waals surface area contributed by atoms with Gasteiger partial charge in [0.15, 0.2) is 0 Å². The molecule has 1 aliphatic heterocycles. The second kappa shape index (κ2) is 6.03. The normalized spacial score (nSPS) is 22.9. The summed E-state index contributed by atoms with van der Waals surface area (Å²) in [6.07, 6.45) is 1.78. The van der Waals surface area contributed by atoms with Crippen molar-refractivity contribution in [2.24, 2.45) is 0 Å². The summed E-state index contributed by atoms with van der Waals surface area (Å²) in [6.45, 7) is 4.51. The molecule has 0 saturated carbocycles. The van der Waals surface area contributed by atoms with Gasteiger partial charge in [0.05, 0.1) is 19.3 Å². The van der Waals surface area contributed by atoms with Crippen molar-refractivity contribution in [1.82, 2.24) is 10.2 Å². The van der Waals surface area contributed by atoms with Crippen LogP contribution >= 0.6 is 0 Å². The number of ether oxygens (including phenoxy) is 1. The summed E-state index contributed by atoms with van der Waals surface area (Å²) in [4.78, 5) is 14.3. The third-order valence-corrected chi connectivity index (χ3v) is 4.39. The molecule has 2 atom stereocenters. The number of benzene rings is 1. The summed E-state index contributed by atoms with van der Waals surface area (Å²) in [5, 5.41) is 13.3. The van der Waals surface area contributed by atoms with E-state index in [0.29, 0.717) is 32.1 Å². The van der Waals surface area contributed by atoms with Crippen molar-refractivity contribution < 1.29 is 14.6 Å². The highest BCUT2D eigenvalue weighted by atomic mass is 16.5. The number of carbonyl (C=O) groups is 1. The molecule has 1 heterocycles. The Labute approximate surface area is 124 Å². The molecule has 2 aliphatic rings. The number of aromatic hydroxyl groups is 1. The molecule has 21 heavy (non-hydrogen) atoms. The van der Waals surface area contributed by atoms with Crippen molar-refractivity contribution in [3.8, 4) is 5.75 Å². The lowest BCUT2D eigenvalue weighted by Gasteiger charge is -2.30. The molecule has 5 nitrogen and oxygen atoms in total. The number of hydrogen-bond donors (Lipinski definition) is 2. The number of carbonyl (C=O) groups excluding carboxylic acids is 1. The quantitative estimate of drug-likeness (QED) is 0.878. The van der Waals surface area contributed by atoms with Crippen molar-refractivity contribution in [2.75, 3.05) is 26.3 Å². The largest absolute Gasteiger partial charge is 0.508 e. The minimum Gasteiger partial charge on any atom is -0.508 e. The van der Waals surface area contributed by atoms with E-state index in [1.807, 2.05) is 24.0 Å². The summed E-state index contributed by atoms with van der Waals surface area (Å²) in [5.74, 6) is 0.496. The molecule has 0 radical (unpaired) electrons. The van der Waals surface area contributed by atoms with E-state index in [4.69, 9.17) is 4.74 Å². The average Bonchev–Trinajstić information content (AvgIpc) is 2.92. The summed E-state index contributed by atoms with van der Waals surface area (Å²) in [5.41, 5.74) is 2.14. The maximum atomic E-state index is 12.4. The van der Waals surface area contributed by atoms with E-state index in [-0.39, 0.29) is 18.0 Å². The van der Waals surface area contributed by atoms with Gasteiger partial charge >= 0.3 is 0 Å². The van der Waals surface area contributed by atoms with Gasteiger partial charge in [-0.25, -0.2) is 0 Å². The van der Waals surface area contributed by atoms with E-state index < -0.39 is 0 Å². The Bertz CT molecular complexity index is 526. The summed E-state index contributed by atoms with van der Waals surface area (Å²) < 4.78 is 5.28. The summed E-state index contributed by atoms with van der Waals surface area (Å²) >= 11 is 0. The van der Waals surface area contributed by atoms with Crippen LogP contribution in [0.4, 0.5) is 0 Å². The van der Waals surface area contributed by atoms with Crippen LogP contribution in [0.25, 0.3) is 0 Å². The maximum absolute atomic E-state index is 12.4. The van der Waals surface area contributed by atoms with Gasteiger partial charge in [0, 0.05) is 19.1 Å². The lowest BCUT2D eigenvalue weighted by atomic mass is 10.1. The molecule has 1 saturated heterocycles. The predicted molar refractivity (Wildman–Crippen MR) is 79.2 cm³/mol. The maximum Gasteiger partial charge on any atom is 0.239 e. The van der Waals surface area contributed by atoms with Crippen LogP contribution in [0.15, 0.2) is 18.2 Å². The van der Waals surface area contributed by atoms with E-state index in [1.165, 1.54) is 0 Å². The second-order valence-electron chi connectivity index (χ2n) is 5.76. The smallest absolute Gasteiger partial charge is 0.239 e. The zero-order valence-electron chi connectivity index (χ0n) is 12.3. The van der Waals surface area contributed by atoms with Crippen LogP contribution in [-0.2, 0) is 16.0 Å². The van der Waals surface area contributed by atoms with Gasteiger partial charge in [-0.1, -0.05) is 12.1 Å². The van der Waals surface area contributed by atoms with Crippen molar-refractivity contribution in [2.45, 2.75) is 31.8 Å². The third-order valence-electron chi connectivity index (χ3n) is 4.39. The molecular formula is C16H22N2O3. The molecule has 2 N–H and O–H groups in total. The van der Waals surface area contributed by atoms with Gasteiger partial charge in [-0.15, -0.1) is 0 Å². The summed E-state index contributed by atoms with van der Waals surface area (Å²) in [7, 11) is 0.